The molecule has 4 aliphatic rings. The number of rotatable bonds is 7. The van der Waals surface area contributed by atoms with Crippen molar-refractivity contribution < 1.29 is 28.5 Å². The molecule has 5 atom stereocenters. The fraction of sp³-hybridized carbons (Fsp3) is 0.585. The van der Waals surface area contributed by atoms with Crippen LogP contribution in [0.3, 0.4) is 0 Å². The molecule has 52 heavy (non-hydrogen) atoms. The summed E-state index contributed by atoms with van der Waals surface area (Å²) in [6.07, 6.45) is 11.3. The van der Waals surface area contributed by atoms with Crippen molar-refractivity contribution >= 4 is 27.5 Å². The number of aromatic hydroxyl groups is 1. The maximum absolute atomic E-state index is 17.1. The van der Waals surface area contributed by atoms with Crippen molar-refractivity contribution in [3.8, 4) is 23.0 Å². The normalized spacial score (nSPS) is 29.9. The van der Waals surface area contributed by atoms with Crippen molar-refractivity contribution in [3.05, 3.63) is 47.7 Å². The number of aryl methyl sites for hydroxylation is 1. The molecule has 5 heterocycles. The van der Waals surface area contributed by atoms with Gasteiger partial charge < -0.3 is 24.6 Å². The lowest BCUT2D eigenvalue weighted by Crippen LogP contribution is -2.57. The largest absolute Gasteiger partial charge is 0.508 e. The number of piperidine rings is 2. The van der Waals surface area contributed by atoms with E-state index in [-0.39, 0.29) is 40.6 Å². The van der Waals surface area contributed by atoms with Crippen LogP contribution < -0.4 is 9.64 Å². The number of phenolic OH excluding ortho intramolecular Hbond substituents is 1. The quantitative estimate of drug-likeness (QED) is 0.199. The Bertz CT molecular complexity index is 1980. The molecule has 8 rings (SSSR count). The van der Waals surface area contributed by atoms with E-state index >= 15 is 8.78 Å². The lowest BCUT2D eigenvalue weighted by molar-refractivity contribution is -0.0967. The number of anilines is 1. The summed E-state index contributed by atoms with van der Waals surface area (Å²) in [5.74, 6) is -0.698. The number of benzene rings is 2. The van der Waals surface area contributed by atoms with E-state index in [0.717, 1.165) is 57.9 Å². The van der Waals surface area contributed by atoms with Crippen LogP contribution in [0.25, 0.3) is 32.9 Å². The number of aliphatic hydroxyl groups is 1. The predicted octanol–water partition coefficient (Wildman–Crippen LogP) is 7.71. The zero-order valence-corrected chi connectivity index (χ0v) is 30.8. The molecule has 2 aromatic heterocycles. The zero-order chi connectivity index (χ0) is 36.4. The highest BCUT2D eigenvalue weighted by atomic mass is 19.1. The number of nitrogens with zero attached hydrogens (tertiary/aromatic N) is 5. The van der Waals surface area contributed by atoms with Crippen molar-refractivity contribution in [2.75, 3.05) is 31.1 Å². The van der Waals surface area contributed by atoms with Crippen LogP contribution in [-0.2, 0) is 11.2 Å². The molecule has 2 aromatic carbocycles. The molecule has 3 aliphatic heterocycles. The van der Waals surface area contributed by atoms with E-state index in [1.165, 1.54) is 12.1 Å². The molecule has 4 fully saturated rings. The molecule has 3 saturated heterocycles. The van der Waals surface area contributed by atoms with Crippen LogP contribution in [0.2, 0.25) is 0 Å². The van der Waals surface area contributed by atoms with Gasteiger partial charge in [0, 0.05) is 42.3 Å². The number of phenols is 1. The predicted molar refractivity (Wildman–Crippen MR) is 198 cm³/mol. The Balaban J connectivity index is 1.20. The number of halogens is 2. The molecule has 278 valence electrons. The van der Waals surface area contributed by atoms with Gasteiger partial charge in [-0.25, -0.2) is 8.78 Å². The van der Waals surface area contributed by atoms with Crippen LogP contribution in [0.15, 0.2) is 30.5 Å². The van der Waals surface area contributed by atoms with Gasteiger partial charge in [0.2, 0.25) is 0 Å². The first kappa shape index (κ1) is 35.4. The van der Waals surface area contributed by atoms with E-state index in [4.69, 9.17) is 19.4 Å². The second kappa shape index (κ2) is 13.6. The number of likely N-dealkylation sites (tertiary alicyclic amines) is 1. The van der Waals surface area contributed by atoms with Gasteiger partial charge >= 0.3 is 6.01 Å². The average molecular weight is 716 g/mol. The number of hydrogen-bond acceptors (Lipinski definition) is 9. The van der Waals surface area contributed by atoms with Gasteiger partial charge in [0.15, 0.2) is 5.82 Å². The van der Waals surface area contributed by atoms with Crippen molar-refractivity contribution in [3.63, 3.8) is 0 Å². The van der Waals surface area contributed by atoms with Crippen molar-refractivity contribution in [1.29, 1.82) is 0 Å². The number of hydrogen-bond donors (Lipinski definition) is 2. The van der Waals surface area contributed by atoms with Crippen LogP contribution >= 0.6 is 0 Å². The molecule has 5 unspecified atom stereocenters. The number of aromatic nitrogens is 3. The maximum Gasteiger partial charge on any atom is 0.319 e. The van der Waals surface area contributed by atoms with Crippen molar-refractivity contribution in [2.45, 2.75) is 122 Å². The summed E-state index contributed by atoms with van der Waals surface area (Å²) < 4.78 is 44.9. The summed E-state index contributed by atoms with van der Waals surface area (Å²) in [6.45, 7) is 10.5. The van der Waals surface area contributed by atoms with E-state index in [2.05, 4.69) is 23.7 Å². The third kappa shape index (κ3) is 6.36. The second-order valence-corrected chi connectivity index (χ2v) is 16.3. The number of β-amino-alcohol motifs (C(OH)–C–C–N with tert-alkyl or cyclic N) is 1. The van der Waals surface area contributed by atoms with Gasteiger partial charge in [-0.15, -0.1) is 0 Å². The number of ether oxygens (including phenoxy) is 2. The highest BCUT2D eigenvalue weighted by Crippen LogP contribution is 2.50. The molecule has 0 spiro atoms. The Hall–Kier alpha value is -3.67. The molecule has 2 N–H and O–H groups in total. The minimum atomic E-state index is -0.940. The van der Waals surface area contributed by atoms with Crippen molar-refractivity contribution in [1.82, 2.24) is 19.9 Å². The first-order valence-electron chi connectivity index (χ1n) is 19.3. The monoisotopic (exact) mass is 715 g/mol. The minimum Gasteiger partial charge on any atom is -0.508 e. The van der Waals surface area contributed by atoms with Crippen LogP contribution in [0.1, 0.15) is 91.0 Å². The first-order chi connectivity index (χ1) is 24.9. The lowest BCUT2D eigenvalue weighted by atomic mass is 9.74. The summed E-state index contributed by atoms with van der Waals surface area (Å²) >= 11 is 0. The van der Waals surface area contributed by atoms with Crippen LogP contribution in [0.4, 0.5) is 14.6 Å². The van der Waals surface area contributed by atoms with E-state index in [1.807, 2.05) is 18.7 Å². The fourth-order valence-corrected chi connectivity index (χ4v) is 10.2. The van der Waals surface area contributed by atoms with Gasteiger partial charge in [0.05, 0.1) is 29.8 Å². The average Bonchev–Trinajstić information content (AvgIpc) is 3.54. The van der Waals surface area contributed by atoms with Gasteiger partial charge in [-0.1, -0.05) is 19.4 Å². The van der Waals surface area contributed by atoms with Crippen molar-refractivity contribution in [2.24, 2.45) is 5.41 Å². The van der Waals surface area contributed by atoms with E-state index in [1.54, 1.807) is 18.3 Å². The molecule has 1 saturated carbocycles. The number of fused-ring (bicyclic) bond motifs is 3. The molecule has 0 radical (unpaired) electrons. The summed E-state index contributed by atoms with van der Waals surface area (Å²) in [5.41, 5.74) is -0.275. The van der Waals surface area contributed by atoms with Crippen LogP contribution in [-0.4, -0.2) is 86.2 Å². The Morgan fingerprint density at radius 3 is 2.56 bits per heavy atom. The number of pyridine rings is 1. The Morgan fingerprint density at radius 1 is 1.02 bits per heavy atom. The Labute approximate surface area is 304 Å². The molecule has 9 nitrogen and oxygen atoms in total. The SMILES string of the molecule is CCc1c(F)ccc2cc(O)cc(-c3ncc4c(N5CCCC(C)(O)C5)nc(OCC56CCCC5N(C5CC(C)OC(C)C5)CCC6)nc4c3F)c12. The van der Waals surface area contributed by atoms with Gasteiger partial charge in [-0.05, 0) is 120 Å². The summed E-state index contributed by atoms with van der Waals surface area (Å²) in [4.78, 5) is 19.0. The fourth-order valence-electron chi connectivity index (χ4n) is 10.2. The molecule has 0 amide bonds. The molecular weight excluding hydrogens is 664 g/mol. The highest BCUT2D eigenvalue weighted by Gasteiger charge is 2.50. The van der Waals surface area contributed by atoms with E-state index in [0.29, 0.717) is 77.7 Å². The summed E-state index contributed by atoms with van der Waals surface area (Å²) in [5, 5.41) is 23.2. The standard InChI is InChI=1S/C41H51F2N5O4/c1-5-29-32(42)11-10-26-19-28(49)20-30(34(26)29)36-35(43)37-31(21-44-36)38(47-15-7-12-40(4,50)22-47)46-39(45-37)51-23-41-13-6-9-33(41)48(16-8-14-41)27-17-24(2)52-25(3)18-27/h10-11,19-21,24-25,27,33,49-50H,5-9,12-18,22-23H2,1-4H3. The Morgan fingerprint density at radius 2 is 1.79 bits per heavy atom. The molecular formula is C41H51F2N5O4. The Kier molecular flexibility index (Phi) is 9.27. The smallest absolute Gasteiger partial charge is 0.319 e. The lowest BCUT2D eigenvalue weighted by Gasteiger charge is -2.51. The molecule has 1 aliphatic carbocycles. The highest BCUT2D eigenvalue weighted by molar-refractivity contribution is 6.01. The van der Waals surface area contributed by atoms with Gasteiger partial charge in [0.1, 0.15) is 28.6 Å². The third-order valence-corrected chi connectivity index (χ3v) is 12.4. The first-order valence-corrected chi connectivity index (χ1v) is 19.3. The molecule has 0 bridgehead atoms. The zero-order valence-electron chi connectivity index (χ0n) is 30.8. The molecule has 11 heteroatoms. The van der Waals surface area contributed by atoms with E-state index in [9.17, 15) is 10.2 Å². The summed E-state index contributed by atoms with van der Waals surface area (Å²) in [6, 6.07) is 6.91. The van der Waals surface area contributed by atoms with E-state index < -0.39 is 17.2 Å². The minimum absolute atomic E-state index is 0.0350. The maximum atomic E-state index is 17.1. The molecule has 4 aromatic rings. The third-order valence-electron chi connectivity index (χ3n) is 12.4. The second-order valence-electron chi connectivity index (χ2n) is 16.3. The topological polar surface area (TPSA) is 104 Å². The van der Waals surface area contributed by atoms with Crippen LogP contribution in [0, 0.1) is 17.0 Å². The van der Waals surface area contributed by atoms with Gasteiger partial charge in [-0.3, -0.25) is 9.88 Å². The summed E-state index contributed by atoms with van der Waals surface area (Å²) in [7, 11) is 0. The van der Waals surface area contributed by atoms with Crippen LogP contribution in [0.5, 0.6) is 11.8 Å². The van der Waals surface area contributed by atoms with Gasteiger partial charge in [0.25, 0.3) is 0 Å². The van der Waals surface area contributed by atoms with Gasteiger partial charge in [-0.2, -0.15) is 9.97 Å².